The van der Waals surface area contributed by atoms with Crippen LogP contribution < -0.4 is 10.2 Å². The first-order chi connectivity index (χ1) is 8.61. The molecule has 94 valence electrons. The molecule has 2 aromatic carbocycles. The minimum absolute atomic E-state index is 0.773. The lowest BCUT2D eigenvalue weighted by molar-refractivity contribution is 1.18. The van der Waals surface area contributed by atoms with Crippen LogP contribution in [0.4, 0.5) is 17.1 Å². The van der Waals surface area contributed by atoms with Gasteiger partial charge in [0.2, 0.25) is 0 Å². The first-order valence-electron chi connectivity index (χ1n) is 5.89. The zero-order valence-electron chi connectivity index (χ0n) is 10.9. The van der Waals surface area contributed by atoms with E-state index in [2.05, 4.69) is 48.5 Å². The molecular weight excluding hydrogens is 244 g/mol. The maximum Gasteiger partial charge on any atom is 0.0438 e. The van der Waals surface area contributed by atoms with Crippen LogP contribution in [0.5, 0.6) is 0 Å². The van der Waals surface area contributed by atoms with Crippen molar-refractivity contribution in [3.63, 3.8) is 0 Å². The average molecular weight is 261 g/mol. The second-order valence-electron chi connectivity index (χ2n) is 4.29. The Kier molecular flexibility index (Phi) is 3.78. The highest BCUT2D eigenvalue weighted by atomic mass is 35.5. The van der Waals surface area contributed by atoms with Crippen molar-refractivity contribution in [3.05, 3.63) is 53.1 Å². The van der Waals surface area contributed by atoms with Crippen LogP contribution in [0.25, 0.3) is 0 Å². The van der Waals surface area contributed by atoms with Crippen LogP contribution in [-0.4, -0.2) is 14.1 Å². The molecule has 2 nitrogen and oxygen atoms in total. The van der Waals surface area contributed by atoms with Gasteiger partial charge in [0.05, 0.1) is 0 Å². The summed E-state index contributed by atoms with van der Waals surface area (Å²) in [6.07, 6.45) is 0. The van der Waals surface area contributed by atoms with Crippen LogP contribution in [0.2, 0.25) is 5.02 Å². The molecule has 0 aliphatic carbocycles. The van der Waals surface area contributed by atoms with Gasteiger partial charge in [0.1, 0.15) is 0 Å². The smallest absolute Gasteiger partial charge is 0.0438 e. The molecule has 0 unspecified atom stereocenters. The summed E-state index contributed by atoms with van der Waals surface area (Å²) in [5, 5.41) is 3.89. The fourth-order valence-corrected chi connectivity index (χ4v) is 2.21. The molecular formula is C15H17ClN2. The van der Waals surface area contributed by atoms with E-state index in [-0.39, 0.29) is 0 Å². The van der Waals surface area contributed by atoms with Gasteiger partial charge in [0, 0.05) is 36.2 Å². The first-order valence-corrected chi connectivity index (χ1v) is 6.27. The highest BCUT2D eigenvalue weighted by molar-refractivity contribution is 6.30. The Hall–Kier alpha value is -1.67. The van der Waals surface area contributed by atoms with Crippen molar-refractivity contribution in [1.29, 1.82) is 0 Å². The van der Waals surface area contributed by atoms with Gasteiger partial charge < -0.3 is 10.2 Å². The third kappa shape index (κ3) is 2.59. The number of hydrogen-bond donors (Lipinski definition) is 1. The van der Waals surface area contributed by atoms with E-state index in [1.165, 1.54) is 5.56 Å². The van der Waals surface area contributed by atoms with Crippen LogP contribution in [-0.2, 0) is 0 Å². The van der Waals surface area contributed by atoms with Crippen molar-refractivity contribution in [1.82, 2.24) is 0 Å². The Labute approximate surface area is 113 Å². The van der Waals surface area contributed by atoms with Crippen molar-refractivity contribution < 1.29 is 0 Å². The van der Waals surface area contributed by atoms with Gasteiger partial charge in [-0.25, -0.2) is 0 Å². The molecule has 0 bridgehead atoms. The summed E-state index contributed by atoms with van der Waals surface area (Å²) in [7, 11) is 3.98. The zero-order valence-corrected chi connectivity index (χ0v) is 11.6. The lowest BCUT2D eigenvalue weighted by Crippen LogP contribution is -2.10. The number of rotatable bonds is 3. The fourth-order valence-electron chi connectivity index (χ4n) is 1.99. The summed E-state index contributed by atoms with van der Waals surface area (Å²) >= 11 is 5.98. The maximum absolute atomic E-state index is 5.98. The third-order valence-corrected chi connectivity index (χ3v) is 3.30. The number of anilines is 3. The van der Waals surface area contributed by atoms with Gasteiger partial charge in [-0.3, -0.25) is 0 Å². The van der Waals surface area contributed by atoms with Crippen molar-refractivity contribution in [3.8, 4) is 0 Å². The Balaban J connectivity index is 2.31. The Morgan fingerprint density at radius 3 is 2.28 bits per heavy atom. The van der Waals surface area contributed by atoms with Crippen molar-refractivity contribution in [2.24, 2.45) is 0 Å². The van der Waals surface area contributed by atoms with E-state index in [9.17, 15) is 0 Å². The summed E-state index contributed by atoms with van der Waals surface area (Å²) in [5.74, 6) is 0. The number of aryl methyl sites for hydroxylation is 1. The van der Waals surface area contributed by atoms with E-state index in [1.54, 1.807) is 0 Å². The van der Waals surface area contributed by atoms with E-state index >= 15 is 0 Å². The van der Waals surface area contributed by atoms with E-state index in [0.717, 1.165) is 22.1 Å². The lowest BCUT2D eigenvalue weighted by Gasteiger charge is -2.22. The van der Waals surface area contributed by atoms with Crippen molar-refractivity contribution in [2.45, 2.75) is 6.92 Å². The summed E-state index contributed by atoms with van der Waals surface area (Å²) < 4.78 is 0. The quantitative estimate of drug-likeness (QED) is 0.877. The van der Waals surface area contributed by atoms with Gasteiger partial charge in [-0.1, -0.05) is 11.6 Å². The zero-order chi connectivity index (χ0) is 13.1. The molecule has 0 amide bonds. The monoisotopic (exact) mass is 260 g/mol. The Morgan fingerprint density at radius 2 is 1.72 bits per heavy atom. The number of benzene rings is 2. The van der Waals surface area contributed by atoms with Crippen LogP contribution in [0.3, 0.4) is 0 Å². The van der Waals surface area contributed by atoms with Crippen molar-refractivity contribution in [2.75, 3.05) is 24.3 Å². The molecule has 0 spiro atoms. The summed E-state index contributed by atoms with van der Waals surface area (Å²) in [6.45, 7) is 2.07. The Bertz CT molecular complexity index is 535. The number of hydrogen-bond acceptors (Lipinski definition) is 2. The first kappa shape index (κ1) is 12.8. The van der Waals surface area contributed by atoms with E-state index in [0.29, 0.717) is 0 Å². The molecule has 2 rings (SSSR count). The largest absolute Gasteiger partial charge is 0.388 e. The topological polar surface area (TPSA) is 15.3 Å². The lowest BCUT2D eigenvalue weighted by atomic mass is 10.1. The number of nitrogens with one attached hydrogen (secondary N) is 1. The summed E-state index contributed by atoms with van der Waals surface area (Å²) in [4.78, 5) is 2.16. The molecule has 2 aromatic rings. The normalized spacial score (nSPS) is 10.2. The summed E-state index contributed by atoms with van der Waals surface area (Å²) in [5.41, 5.74) is 4.60. The highest BCUT2D eigenvalue weighted by Gasteiger charge is 2.07. The van der Waals surface area contributed by atoms with Crippen LogP contribution >= 0.6 is 11.6 Å². The molecule has 0 radical (unpaired) electrons. The minimum atomic E-state index is 0.773. The van der Waals surface area contributed by atoms with Gasteiger partial charge in [-0.05, 0) is 55.0 Å². The molecule has 0 saturated carbocycles. The second kappa shape index (κ2) is 5.32. The average Bonchev–Trinajstić information content (AvgIpc) is 2.38. The van der Waals surface area contributed by atoms with Crippen LogP contribution in [0, 0.1) is 6.92 Å². The van der Waals surface area contributed by atoms with Gasteiger partial charge >= 0.3 is 0 Å². The van der Waals surface area contributed by atoms with E-state index in [4.69, 9.17) is 11.6 Å². The number of nitrogens with zero attached hydrogens (tertiary/aromatic N) is 1. The van der Waals surface area contributed by atoms with Gasteiger partial charge in [-0.15, -0.1) is 0 Å². The van der Waals surface area contributed by atoms with Gasteiger partial charge in [0.15, 0.2) is 0 Å². The highest BCUT2D eigenvalue weighted by Crippen LogP contribution is 2.29. The maximum atomic E-state index is 5.98. The SMILES string of the molecule is CNc1ccc(N(C)c2ccc(Cl)cc2C)cc1. The van der Waals surface area contributed by atoms with Gasteiger partial charge in [0.25, 0.3) is 0 Å². The number of halogens is 1. The third-order valence-electron chi connectivity index (χ3n) is 3.06. The molecule has 0 heterocycles. The van der Waals surface area contributed by atoms with E-state index < -0.39 is 0 Å². The van der Waals surface area contributed by atoms with E-state index in [1.807, 2.05) is 25.2 Å². The molecule has 3 heteroatoms. The standard InChI is InChI=1S/C15H17ClN2/c1-11-10-12(16)4-9-15(11)18(3)14-7-5-13(17-2)6-8-14/h4-10,17H,1-3H3. The predicted molar refractivity (Wildman–Crippen MR) is 80.2 cm³/mol. The molecule has 18 heavy (non-hydrogen) atoms. The van der Waals surface area contributed by atoms with Crippen LogP contribution in [0.15, 0.2) is 42.5 Å². The molecule has 0 aliphatic heterocycles. The molecule has 0 aromatic heterocycles. The fraction of sp³-hybridized carbons (Fsp3) is 0.200. The second-order valence-corrected chi connectivity index (χ2v) is 4.72. The van der Waals surface area contributed by atoms with Crippen molar-refractivity contribution >= 4 is 28.7 Å². The molecule has 1 N–H and O–H groups in total. The Morgan fingerprint density at radius 1 is 1.06 bits per heavy atom. The minimum Gasteiger partial charge on any atom is -0.388 e. The molecule has 0 fully saturated rings. The molecule has 0 aliphatic rings. The predicted octanol–water partition coefficient (Wildman–Crippen LogP) is 4.46. The van der Waals surface area contributed by atoms with Gasteiger partial charge in [-0.2, -0.15) is 0 Å². The van der Waals surface area contributed by atoms with Crippen LogP contribution in [0.1, 0.15) is 5.56 Å². The summed E-state index contributed by atoms with van der Waals surface area (Å²) in [6, 6.07) is 14.3. The molecule has 0 saturated heterocycles. The molecule has 0 atom stereocenters.